The van der Waals surface area contributed by atoms with Crippen molar-refractivity contribution < 1.29 is 0 Å². The minimum Gasteiger partial charge on any atom is -0.237 e. The van der Waals surface area contributed by atoms with Crippen molar-refractivity contribution in [2.24, 2.45) is 0 Å². The molecule has 2 aromatic rings. The van der Waals surface area contributed by atoms with Crippen molar-refractivity contribution in [3.05, 3.63) is 40.8 Å². The Balaban J connectivity index is 2.57. The lowest BCUT2D eigenvalue weighted by Crippen LogP contribution is -2.00. The summed E-state index contributed by atoms with van der Waals surface area (Å²) in [6, 6.07) is 5.61. The maximum atomic E-state index is 6.28. The summed E-state index contributed by atoms with van der Waals surface area (Å²) in [6.45, 7) is 4.13. The predicted molar refractivity (Wildman–Crippen MR) is 70.0 cm³/mol. The van der Waals surface area contributed by atoms with Gasteiger partial charge in [0, 0.05) is 11.8 Å². The van der Waals surface area contributed by atoms with Gasteiger partial charge in [-0.2, -0.15) is 5.10 Å². The van der Waals surface area contributed by atoms with E-state index in [0.29, 0.717) is 16.9 Å². The van der Waals surface area contributed by atoms with Gasteiger partial charge in [-0.3, -0.25) is 0 Å². The lowest BCUT2D eigenvalue weighted by Gasteiger charge is -2.01. The molecule has 0 fully saturated rings. The van der Waals surface area contributed by atoms with Gasteiger partial charge in [-0.1, -0.05) is 31.5 Å². The molecule has 0 aromatic carbocycles. The predicted octanol–water partition coefficient (Wildman–Crippen LogP) is 3.78. The lowest BCUT2D eigenvalue weighted by molar-refractivity contribution is 0.755. The molecule has 90 valence electrons. The molecular formula is C12H13Cl2N3. The third-order valence-electron chi connectivity index (χ3n) is 2.50. The molecule has 17 heavy (non-hydrogen) atoms. The van der Waals surface area contributed by atoms with Gasteiger partial charge in [0.2, 0.25) is 0 Å². The van der Waals surface area contributed by atoms with Crippen molar-refractivity contribution in [1.29, 1.82) is 0 Å². The van der Waals surface area contributed by atoms with Crippen LogP contribution in [0.4, 0.5) is 0 Å². The topological polar surface area (TPSA) is 30.7 Å². The Morgan fingerprint density at radius 3 is 2.59 bits per heavy atom. The Morgan fingerprint density at radius 2 is 2.12 bits per heavy atom. The number of halogens is 2. The molecule has 0 saturated heterocycles. The number of rotatable bonds is 3. The van der Waals surface area contributed by atoms with Gasteiger partial charge in [0.25, 0.3) is 0 Å². The monoisotopic (exact) mass is 269 g/mol. The summed E-state index contributed by atoms with van der Waals surface area (Å²) in [7, 11) is 0. The van der Waals surface area contributed by atoms with Gasteiger partial charge in [-0.25, -0.2) is 9.67 Å². The Kier molecular flexibility index (Phi) is 3.69. The minimum absolute atomic E-state index is 0.284. The van der Waals surface area contributed by atoms with Crippen molar-refractivity contribution in [3.8, 4) is 5.82 Å². The van der Waals surface area contributed by atoms with Crippen LogP contribution in [0.25, 0.3) is 5.82 Å². The van der Waals surface area contributed by atoms with Crippen LogP contribution in [-0.4, -0.2) is 14.8 Å². The summed E-state index contributed by atoms with van der Waals surface area (Å²) in [5.74, 6) is 1.35. The van der Waals surface area contributed by atoms with E-state index >= 15 is 0 Å². The highest BCUT2D eigenvalue weighted by Crippen LogP contribution is 2.28. The summed E-state index contributed by atoms with van der Waals surface area (Å²) in [5.41, 5.74) is 1.81. The number of aromatic nitrogens is 3. The maximum absolute atomic E-state index is 6.28. The summed E-state index contributed by atoms with van der Waals surface area (Å²) in [5, 5.41) is 5.03. The van der Waals surface area contributed by atoms with Crippen LogP contribution in [0, 0.1) is 0 Å². The first kappa shape index (κ1) is 12.4. The summed E-state index contributed by atoms with van der Waals surface area (Å²) < 4.78 is 1.63. The molecule has 0 bridgehead atoms. The van der Waals surface area contributed by atoms with Crippen LogP contribution in [0.3, 0.4) is 0 Å². The first-order chi connectivity index (χ1) is 8.15. The zero-order chi connectivity index (χ0) is 12.4. The molecule has 0 spiro atoms. The fourth-order valence-corrected chi connectivity index (χ4v) is 2.28. The molecule has 0 saturated carbocycles. The summed E-state index contributed by atoms with van der Waals surface area (Å²) in [6.07, 6.45) is 1.71. The second kappa shape index (κ2) is 5.07. The molecule has 3 nitrogen and oxygen atoms in total. The molecule has 2 aromatic heterocycles. The highest BCUT2D eigenvalue weighted by atomic mass is 35.5. The molecule has 2 rings (SSSR count). The summed E-state index contributed by atoms with van der Waals surface area (Å²) in [4.78, 5) is 4.23. The van der Waals surface area contributed by atoms with E-state index < -0.39 is 0 Å². The van der Waals surface area contributed by atoms with Gasteiger partial charge in [-0.05, 0) is 18.1 Å². The molecule has 0 N–H and O–H groups in total. The Hall–Kier alpha value is -1.06. The van der Waals surface area contributed by atoms with Crippen molar-refractivity contribution in [2.45, 2.75) is 25.6 Å². The quantitative estimate of drug-likeness (QED) is 0.794. The molecule has 0 aliphatic carbocycles. The van der Waals surface area contributed by atoms with Crippen LogP contribution < -0.4 is 0 Å². The molecule has 0 amide bonds. The Bertz CT molecular complexity index is 506. The van der Waals surface area contributed by atoms with Crippen LogP contribution in [0.1, 0.15) is 31.0 Å². The van der Waals surface area contributed by atoms with Gasteiger partial charge in [0.1, 0.15) is 5.15 Å². The normalized spacial score (nSPS) is 11.1. The number of pyridine rings is 1. The van der Waals surface area contributed by atoms with Crippen molar-refractivity contribution in [1.82, 2.24) is 14.8 Å². The van der Waals surface area contributed by atoms with Gasteiger partial charge in [0.15, 0.2) is 5.82 Å². The van der Waals surface area contributed by atoms with E-state index in [4.69, 9.17) is 23.2 Å². The average molecular weight is 270 g/mol. The van der Waals surface area contributed by atoms with E-state index in [1.54, 1.807) is 10.9 Å². The second-order valence-electron chi connectivity index (χ2n) is 4.04. The van der Waals surface area contributed by atoms with Crippen LogP contribution >= 0.6 is 23.2 Å². The van der Waals surface area contributed by atoms with Gasteiger partial charge in [-0.15, -0.1) is 11.6 Å². The third kappa shape index (κ3) is 2.31. The zero-order valence-corrected chi connectivity index (χ0v) is 11.2. The lowest BCUT2D eigenvalue weighted by atomic mass is 10.1. The van der Waals surface area contributed by atoms with Crippen molar-refractivity contribution >= 4 is 23.2 Å². The van der Waals surface area contributed by atoms with Crippen LogP contribution in [0.2, 0.25) is 5.15 Å². The van der Waals surface area contributed by atoms with Crippen LogP contribution in [0.5, 0.6) is 0 Å². The first-order valence-electron chi connectivity index (χ1n) is 5.39. The Morgan fingerprint density at radius 1 is 1.35 bits per heavy atom. The molecular weight excluding hydrogens is 257 g/mol. The number of nitrogens with zero attached hydrogens (tertiary/aromatic N) is 3. The first-order valence-corrected chi connectivity index (χ1v) is 6.31. The molecule has 0 aliphatic rings. The maximum Gasteiger partial charge on any atom is 0.155 e. The van der Waals surface area contributed by atoms with Crippen molar-refractivity contribution in [2.75, 3.05) is 0 Å². The third-order valence-corrected chi connectivity index (χ3v) is 3.15. The van der Waals surface area contributed by atoms with Gasteiger partial charge in [0.05, 0.1) is 11.6 Å². The number of hydrogen-bond donors (Lipinski definition) is 0. The smallest absolute Gasteiger partial charge is 0.155 e. The minimum atomic E-state index is 0.284. The highest BCUT2D eigenvalue weighted by molar-refractivity contribution is 6.31. The molecule has 5 heteroatoms. The van der Waals surface area contributed by atoms with E-state index in [9.17, 15) is 0 Å². The molecule has 0 radical (unpaired) electrons. The average Bonchev–Trinajstić information content (AvgIpc) is 2.67. The van der Waals surface area contributed by atoms with Crippen LogP contribution in [-0.2, 0) is 5.88 Å². The second-order valence-corrected chi connectivity index (χ2v) is 4.67. The number of hydrogen-bond acceptors (Lipinski definition) is 2. The van der Waals surface area contributed by atoms with Gasteiger partial charge < -0.3 is 0 Å². The molecule has 0 aliphatic heterocycles. The fourth-order valence-electron chi connectivity index (χ4n) is 1.66. The molecule has 0 unspecified atom stereocenters. The zero-order valence-electron chi connectivity index (χ0n) is 9.69. The largest absolute Gasteiger partial charge is 0.237 e. The van der Waals surface area contributed by atoms with E-state index in [0.717, 1.165) is 11.3 Å². The number of alkyl halides is 1. The van der Waals surface area contributed by atoms with Crippen molar-refractivity contribution in [3.63, 3.8) is 0 Å². The van der Waals surface area contributed by atoms with E-state index in [-0.39, 0.29) is 5.92 Å². The SMILES string of the molecule is CC(C)c1nn(-c2ccccn2)c(Cl)c1CCl. The van der Waals surface area contributed by atoms with E-state index in [1.807, 2.05) is 18.2 Å². The van der Waals surface area contributed by atoms with Crippen LogP contribution in [0.15, 0.2) is 24.4 Å². The Labute approximate surface area is 110 Å². The summed E-state index contributed by atoms with van der Waals surface area (Å²) >= 11 is 12.2. The van der Waals surface area contributed by atoms with Gasteiger partial charge >= 0.3 is 0 Å². The fraction of sp³-hybridized carbons (Fsp3) is 0.333. The molecule has 0 atom stereocenters. The molecule has 2 heterocycles. The standard InChI is InChI=1S/C12H13Cl2N3/c1-8(2)11-9(7-13)12(14)17(16-11)10-5-3-4-6-15-10/h3-6,8H,7H2,1-2H3. The van der Waals surface area contributed by atoms with E-state index in [1.165, 1.54) is 0 Å². The van der Waals surface area contributed by atoms with E-state index in [2.05, 4.69) is 23.9 Å². The highest BCUT2D eigenvalue weighted by Gasteiger charge is 2.18.